The number of nitrogens with one attached hydrogen (secondary N) is 1. The van der Waals surface area contributed by atoms with Gasteiger partial charge in [0.05, 0.1) is 6.10 Å². The zero-order valence-corrected chi connectivity index (χ0v) is 12.7. The minimum Gasteiger partial charge on any atom is -0.489 e. The highest BCUT2D eigenvalue weighted by molar-refractivity contribution is 5.87. The van der Waals surface area contributed by atoms with E-state index in [9.17, 15) is 5.11 Å². The third-order valence-electron chi connectivity index (χ3n) is 3.21. The van der Waals surface area contributed by atoms with Crippen molar-refractivity contribution in [3.8, 4) is 5.75 Å². The molecule has 3 nitrogen and oxygen atoms in total. The molecule has 0 saturated carbocycles. The summed E-state index contributed by atoms with van der Waals surface area (Å²) in [7, 11) is 0. The summed E-state index contributed by atoms with van der Waals surface area (Å²) in [5.74, 6) is 0.870. The summed E-state index contributed by atoms with van der Waals surface area (Å²) in [6.07, 6.45) is -0.361. The second-order valence-electron chi connectivity index (χ2n) is 5.49. The third-order valence-corrected chi connectivity index (χ3v) is 3.21. The van der Waals surface area contributed by atoms with Crippen molar-refractivity contribution in [1.29, 1.82) is 0 Å². The smallest absolute Gasteiger partial charge is 0.124 e. The lowest BCUT2D eigenvalue weighted by atomic mass is 10.0. The lowest BCUT2D eigenvalue weighted by Crippen LogP contribution is -2.24. The number of ether oxygens (including phenoxy) is 1. The minimum atomic E-state index is -0.361. The molecule has 112 valence electrons. The van der Waals surface area contributed by atoms with E-state index in [4.69, 9.17) is 4.74 Å². The quantitative estimate of drug-likeness (QED) is 0.767. The average Bonchev–Trinajstić information content (AvgIpc) is 2.45. The molecule has 2 aromatic rings. The molecule has 0 fully saturated rings. The van der Waals surface area contributed by atoms with Crippen molar-refractivity contribution in [2.24, 2.45) is 0 Å². The van der Waals surface area contributed by atoms with Gasteiger partial charge in [0.1, 0.15) is 12.4 Å². The molecule has 0 bridgehead atoms. The summed E-state index contributed by atoms with van der Waals surface area (Å²) in [6.45, 7) is 9.34. The first kappa shape index (κ1) is 15.5. The van der Waals surface area contributed by atoms with Gasteiger partial charge in [-0.3, -0.25) is 0 Å². The number of hydrogen-bond acceptors (Lipinski definition) is 3. The Hall–Kier alpha value is -1.84. The lowest BCUT2D eigenvalue weighted by Gasteiger charge is -2.15. The molecule has 0 aromatic heterocycles. The van der Waals surface area contributed by atoms with Crippen LogP contribution in [0.4, 0.5) is 0 Å². The Kier molecular flexibility index (Phi) is 5.37. The molecule has 1 unspecified atom stereocenters. The molecule has 0 heterocycles. The van der Waals surface area contributed by atoms with Gasteiger partial charge >= 0.3 is 0 Å². The number of rotatable bonds is 7. The molecule has 3 heteroatoms. The Labute approximate surface area is 126 Å². The number of aliphatic hydroxyl groups is 1. The molecule has 1 atom stereocenters. The maximum Gasteiger partial charge on any atom is 0.124 e. The van der Waals surface area contributed by atoms with Crippen LogP contribution in [0.3, 0.4) is 0 Å². The first-order valence-electron chi connectivity index (χ1n) is 7.24. The van der Waals surface area contributed by atoms with Gasteiger partial charge < -0.3 is 15.2 Å². The standard InChI is InChI=1S/C18H23NO2/c1-13(2)12-21-18-9-8-15-6-4-5-7-16(15)17(18)11-19-10-14(3)20/h4-9,14,19-20H,1,10-12H2,2-3H3. The molecule has 0 aliphatic carbocycles. The largest absolute Gasteiger partial charge is 0.489 e. The van der Waals surface area contributed by atoms with Crippen molar-refractivity contribution >= 4 is 10.8 Å². The molecule has 0 spiro atoms. The van der Waals surface area contributed by atoms with Gasteiger partial charge in [-0.25, -0.2) is 0 Å². The molecule has 0 saturated heterocycles. The molecular weight excluding hydrogens is 262 g/mol. The molecule has 0 amide bonds. The van der Waals surface area contributed by atoms with Crippen LogP contribution in [-0.2, 0) is 6.54 Å². The SMILES string of the molecule is C=C(C)COc1ccc2ccccc2c1CNCC(C)O. The number of hydrogen-bond donors (Lipinski definition) is 2. The molecule has 2 rings (SSSR count). The predicted molar refractivity (Wildman–Crippen MR) is 87.6 cm³/mol. The fraction of sp³-hybridized carbons (Fsp3) is 0.333. The van der Waals surface area contributed by atoms with Crippen molar-refractivity contribution < 1.29 is 9.84 Å². The highest BCUT2D eigenvalue weighted by Gasteiger charge is 2.09. The van der Waals surface area contributed by atoms with Crippen molar-refractivity contribution in [2.45, 2.75) is 26.5 Å². The van der Waals surface area contributed by atoms with E-state index >= 15 is 0 Å². The summed E-state index contributed by atoms with van der Waals surface area (Å²) >= 11 is 0. The van der Waals surface area contributed by atoms with E-state index in [1.807, 2.05) is 25.1 Å². The Bertz CT molecular complexity index is 620. The van der Waals surface area contributed by atoms with E-state index in [-0.39, 0.29) is 6.10 Å². The van der Waals surface area contributed by atoms with Crippen LogP contribution in [0.15, 0.2) is 48.6 Å². The number of aliphatic hydroxyl groups excluding tert-OH is 1. The number of benzene rings is 2. The zero-order chi connectivity index (χ0) is 15.2. The maximum atomic E-state index is 9.38. The van der Waals surface area contributed by atoms with E-state index in [0.29, 0.717) is 19.7 Å². The van der Waals surface area contributed by atoms with Crippen molar-refractivity contribution in [2.75, 3.05) is 13.2 Å². The molecule has 0 aliphatic rings. The third kappa shape index (κ3) is 4.31. The van der Waals surface area contributed by atoms with Crippen LogP contribution in [0.2, 0.25) is 0 Å². The molecule has 21 heavy (non-hydrogen) atoms. The highest BCUT2D eigenvalue weighted by Crippen LogP contribution is 2.28. The van der Waals surface area contributed by atoms with Gasteiger partial charge in [0.15, 0.2) is 0 Å². The average molecular weight is 285 g/mol. The van der Waals surface area contributed by atoms with E-state index in [1.165, 1.54) is 10.8 Å². The predicted octanol–water partition coefficient (Wildman–Crippen LogP) is 3.27. The Morgan fingerprint density at radius 3 is 2.76 bits per heavy atom. The summed E-state index contributed by atoms with van der Waals surface area (Å²) in [5, 5.41) is 15.0. The van der Waals surface area contributed by atoms with Crippen LogP contribution in [-0.4, -0.2) is 24.4 Å². The minimum absolute atomic E-state index is 0.361. The first-order valence-corrected chi connectivity index (χ1v) is 7.24. The number of fused-ring (bicyclic) bond motifs is 1. The van der Waals surface area contributed by atoms with Crippen LogP contribution in [0.1, 0.15) is 19.4 Å². The van der Waals surface area contributed by atoms with Gasteiger partial charge in [-0.1, -0.05) is 36.9 Å². The Morgan fingerprint density at radius 2 is 2.05 bits per heavy atom. The Balaban J connectivity index is 2.30. The summed E-state index contributed by atoms with van der Waals surface area (Å²) < 4.78 is 5.86. The van der Waals surface area contributed by atoms with Crippen LogP contribution < -0.4 is 10.1 Å². The summed E-state index contributed by atoms with van der Waals surface area (Å²) in [6, 6.07) is 12.3. The van der Waals surface area contributed by atoms with E-state index in [2.05, 4.69) is 30.1 Å². The fourth-order valence-corrected chi connectivity index (χ4v) is 2.24. The van der Waals surface area contributed by atoms with E-state index in [1.54, 1.807) is 6.92 Å². The second-order valence-corrected chi connectivity index (χ2v) is 5.49. The topological polar surface area (TPSA) is 41.5 Å². The maximum absolute atomic E-state index is 9.38. The molecule has 0 aliphatic heterocycles. The van der Waals surface area contributed by atoms with Gasteiger partial charge in [-0.2, -0.15) is 0 Å². The molecule has 2 N–H and O–H groups in total. The van der Waals surface area contributed by atoms with Crippen molar-refractivity contribution in [1.82, 2.24) is 5.32 Å². The zero-order valence-electron chi connectivity index (χ0n) is 12.7. The molecular formula is C18H23NO2. The normalized spacial score (nSPS) is 12.3. The van der Waals surface area contributed by atoms with E-state index in [0.717, 1.165) is 16.9 Å². The fourth-order valence-electron chi connectivity index (χ4n) is 2.24. The van der Waals surface area contributed by atoms with Crippen LogP contribution in [0, 0.1) is 0 Å². The first-order chi connectivity index (χ1) is 10.1. The van der Waals surface area contributed by atoms with Crippen molar-refractivity contribution in [3.63, 3.8) is 0 Å². The lowest BCUT2D eigenvalue weighted by molar-refractivity contribution is 0.191. The van der Waals surface area contributed by atoms with Crippen LogP contribution in [0.5, 0.6) is 5.75 Å². The van der Waals surface area contributed by atoms with Gasteiger partial charge in [0.2, 0.25) is 0 Å². The van der Waals surface area contributed by atoms with Gasteiger partial charge in [-0.15, -0.1) is 0 Å². The van der Waals surface area contributed by atoms with Crippen LogP contribution >= 0.6 is 0 Å². The van der Waals surface area contributed by atoms with E-state index < -0.39 is 0 Å². The van der Waals surface area contributed by atoms with Crippen LogP contribution in [0.25, 0.3) is 10.8 Å². The van der Waals surface area contributed by atoms with Gasteiger partial charge in [0, 0.05) is 18.7 Å². The van der Waals surface area contributed by atoms with Gasteiger partial charge in [0.25, 0.3) is 0 Å². The highest BCUT2D eigenvalue weighted by atomic mass is 16.5. The Morgan fingerprint density at radius 1 is 1.29 bits per heavy atom. The summed E-state index contributed by atoms with van der Waals surface area (Å²) in [4.78, 5) is 0. The summed E-state index contributed by atoms with van der Waals surface area (Å²) in [5.41, 5.74) is 2.11. The second kappa shape index (κ2) is 7.25. The van der Waals surface area contributed by atoms with Gasteiger partial charge in [-0.05, 0) is 36.3 Å². The monoisotopic (exact) mass is 285 g/mol. The molecule has 2 aromatic carbocycles. The molecule has 0 radical (unpaired) electrons. The van der Waals surface area contributed by atoms with Crippen molar-refractivity contribution in [3.05, 3.63) is 54.1 Å².